The van der Waals surface area contributed by atoms with Gasteiger partial charge in [0.15, 0.2) is 5.17 Å². The molecule has 0 bridgehead atoms. The minimum absolute atomic E-state index is 0.0861. The Balaban J connectivity index is 2.04. The molecule has 0 N–H and O–H groups in total. The number of carbonyl (C=O) groups excluding carboxylic acids is 1. The molecule has 3 rings (SSSR count). The Bertz CT molecular complexity index is 897. The quantitative estimate of drug-likeness (QED) is 0.840. The van der Waals surface area contributed by atoms with E-state index in [2.05, 4.69) is 4.40 Å². The van der Waals surface area contributed by atoms with Crippen LogP contribution in [0.1, 0.15) is 6.92 Å². The second-order valence-electron chi connectivity index (χ2n) is 5.07. The van der Waals surface area contributed by atoms with Crippen molar-refractivity contribution in [3.63, 3.8) is 0 Å². The molecule has 8 heteroatoms. The van der Waals surface area contributed by atoms with E-state index in [1.807, 2.05) is 0 Å². The summed E-state index contributed by atoms with van der Waals surface area (Å²) in [6, 6.07) is 13.1. The fraction of sp³-hybridized carbons (Fsp3) is 0.125. The number of hydrogen-bond donors (Lipinski definition) is 0. The molecule has 124 valence electrons. The van der Waals surface area contributed by atoms with Crippen molar-refractivity contribution in [1.82, 2.24) is 0 Å². The highest BCUT2D eigenvalue weighted by Gasteiger charge is 2.37. The maximum atomic E-state index is 13.0. The molecule has 2 aromatic carbocycles. The number of rotatable bonds is 3. The largest absolute Gasteiger partial charge is 0.284 e. The van der Waals surface area contributed by atoms with Crippen molar-refractivity contribution in [3.8, 4) is 0 Å². The summed E-state index contributed by atoms with van der Waals surface area (Å²) < 4.78 is 41.6. The summed E-state index contributed by atoms with van der Waals surface area (Å²) in [7, 11) is -4.04. The molecule has 1 saturated heterocycles. The van der Waals surface area contributed by atoms with Crippen molar-refractivity contribution in [3.05, 3.63) is 60.4 Å². The van der Waals surface area contributed by atoms with Gasteiger partial charge in [-0.15, -0.1) is 4.40 Å². The molecule has 5 nitrogen and oxygen atoms in total. The molecular formula is C16H13FN2O3S2. The van der Waals surface area contributed by atoms with E-state index in [1.165, 1.54) is 4.90 Å². The Hall–Kier alpha value is -2.19. The molecule has 0 aliphatic carbocycles. The van der Waals surface area contributed by atoms with Gasteiger partial charge in [0.05, 0.1) is 15.8 Å². The molecule has 24 heavy (non-hydrogen) atoms. The molecule has 1 unspecified atom stereocenters. The van der Waals surface area contributed by atoms with Crippen molar-refractivity contribution < 1.29 is 17.6 Å². The van der Waals surface area contributed by atoms with E-state index in [1.54, 1.807) is 37.3 Å². The molecule has 0 spiro atoms. The molecule has 1 aliphatic heterocycles. The Labute approximate surface area is 143 Å². The zero-order valence-electron chi connectivity index (χ0n) is 12.6. The lowest BCUT2D eigenvalue weighted by atomic mass is 10.3. The van der Waals surface area contributed by atoms with Crippen LogP contribution in [0.5, 0.6) is 0 Å². The predicted octanol–water partition coefficient (Wildman–Crippen LogP) is 3.04. The maximum absolute atomic E-state index is 13.0. The van der Waals surface area contributed by atoms with Crippen LogP contribution in [0.15, 0.2) is 63.9 Å². The molecule has 0 radical (unpaired) electrons. The topological polar surface area (TPSA) is 66.8 Å². The van der Waals surface area contributed by atoms with E-state index < -0.39 is 21.1 Å². The van der Waals surface area contributed by atoms with Gasteiger partial charge in [-0.05, 0) is 43.3 Å². The molecule has 1 amide bonds. The Morgan fingerprint density at radius 1 is 1.08 bits per heavy atom. The van der Waals surface area contributed by atoms with Gasteiger partial charge in [-0.25, -0.2) is 4.39 Å². The number of thioether (sulfide) groups is 1. The number of halogens is 1. The smallest absolute Gasteiger partial charge is 0.273 e. The number of benzene rings is 2. The van der Waals surface area contributed by atoms with E-state index in [0.717, 1.165) is 36.0 Å². The highest BCUT2D eigenvalue weighted by atomic mass is 32.2. The van der Waals surface area contributed by atoms with Gasteiger partial charge in [-0.3, -0.25) is 9.69 Å². The fourth-order valence-corrected chi connectivity index (χ4v) is 4.34. The zero-order valence-corrected chi connectivity index (χ0v) is 14.2. The average molecular weight is 364 g/mol. The predicted molar refractivity (Wildman–Crippen MR) is 92.0 cm³/mol. The number of carbonyl (C=O) groups is 1. The first-order valence-electron chi connectivity index (χ1n) is 7.05. The Morgan fingerprint density at radius 2 is 1.71 bits per heavy atom. The number of amidine groups is 1. The SMILES string of the molecule is CC1SC(=NS(=O)(=O)c2ccc(F)cc2)N(c2ccccc2)C1=O. The summed E-state index contributed by atoms with van der Waals surface area (Å²) in [5.41, 5.74) is 0.549. The summed E-state index contributed by atoms with van der Waals surface area (Å²) in [5.74, 6) is -0.772. The molecule has 0 saturated carbocycles. The van der Waals surface area contributed by atoms with Crippen molar-refractivity contribution in [1.29, 1.82) is 0 Å². The summed E-state index contributed by atoms with van der Waals surface area (Å²) in [6.07, 6.45) is 0. The van der Waals surface area contributed by atoms with Crippen molar-refractivity contribution in [2.45, 2.75) is 17.1 Å². The zero-order chi connectivity index (χ0) is 17.3. The Morgan fingerprint density at radius 3 is 2.33 bits per heavy atom. The molecule has 1 aliphatic rings. The van der Waals surface area contributed by atoms with Gasteiger partial charge in [-0.2, -0.15) is 8.42 Å². The van der Waals surface area contributed by atoms with Gasteiger partial charge < -0.3 is 0 Å². The van der Waals surface area contributed by atoms with Crippen molar-refractivity contribution in [2.75, 3.05) is 4.90 Å². The van der Waals surface area contributed by atoms with E-state index in [0.29, 0.717) is 5.69 Å². The molecule has 2 aromatic rings. The van der Waals surface area contributed by atoms with E-state index >= 15 is 0 Å². The first-order chi connectivity index (χ1) is 11.4. The standard InChI is InChI=1S/C16H13FN2O3S2/c1-11-15(20)19(13-5-3-2-4-6-13)16(23-11)18-24(21,22)14-9-7-12(17)8-10-14/h2-11H,1H3. The lowest BCUT2D eigenvalue weighted by molar-refractivity contribution is -0.116. The van der Waals surface area contributed by atoms with Gasteiger partial charge in [0.1, 0.15) is 5.82 Å². The summed E-state index contributed by atoms with van der Waals surface area (Å²) >= 11 is 1.07. The number of para-hydroxylation sites is 1. The first kappa shape index (κ1) is 16.7. The number of nitrogens with zero attached hydrogens (tertiary/aromatic N) is 2. The maximum Gasteiger partial charge on any atom is 0.284 e. The highest BCUT2D eigenvalue weighted by molar-refractivity contribution is 8.16. The first-order valence-corrected chi connectivity index (χ1v) is 9.37. The third-order valence-corrected chi connectivity index (χ3v) is 5.80. The van der Waals surface area contributed by atoms with Crippen LogP contribution in [0.4, 0.5) is 10.1 Å². The fourth-order valence-electron chi connectivity index (χ4n) is 2.18. The summed E-state index contributed by atoms with van der Waals surface area (Å²) in [4.78, 5) is 13.5. The van der Waals surface area contributed by atoms with E-state index in [9.17, 15) is 17.6 Å². The highest BCUT2D eigenvalue weighted by Crippen LogP contribution is 2.32. The van der Waals surface area contributed by atoms with Gasteiger partial charge in [0.2, 0.25) is 5.91 Å². The number of sulfonamides is 1. The van der Waals surface area contributed by atoms with Crippen LogP contribution in [-0.4, -0.2) is 24.7 Å². The van der Waals surface area contributed by atoms with Crippen LogP contribution in [0, 0.1) is 5.82 Å². The minimum Gasteiger partial charge on any atom is -0.273 e. The van der Waals surface area contributed by atoms with Crippen LogP contribution in [0.25, 0.3) is 0 Å². The monoisotopic (exact) mass is 364 g/mol. The minimum atomic E-state index is -4.04. The average Bonchev–Trinajstić information content (AvgIpc) is 2.82. The van der Waals surface area contributed by atoms with E-state index in [4.69, 9.17) is 0 Å². The van der Waals surface area contributed by atoms with Gasteiger partial charge in [-0.1, -0.05) is 30.0 Å². The molecule has 1 heterocycles. The van der Waals surface area contributed by atoms with Crippen LogP contribution in [-0.2, 0) is 14.8 Å². The number of amides is 1. The third-order valence-electron chi connectivity index (χ3n) is 3.37. The number of anilines is 1. The third kappa shape index (κ3) is 3.20. The summed E-state index contributed by atoms with van der Waals surface area (Å²) in [5, 5.41) is -0.351. The van der Waals surface area contributed by atoms with Crippen LogP contribution >= 0.6 is 11.8 Å². The Kier molecular flexibility index (Phi) is 4.42. The lowest BCUT2D eigenvalue weighted by Gasteiger charge is -2.15. The van der Waals surface area contributed by atoms with Crippen LogP contribution < -0.4 is 4.90 Å². The van der Waals surface area contributed by atoms with Crippen LogP contribution in [0.2, 0.25) is 0 Å². The van der Waals surface area contributed by atoms with Crippen molar-refractivity contribution >= 4 is 38.5 Å². The van der Waals surface area contributed by atoms with Crippen molar-refractivity contribution in [2.24, 2.45) is 4.40 Å². The lowest BCUT2D eigenvalue weighted by Crippen LogP contribution is -2.31. The molecule has 0 aromatic heterocycles. The van der Waals surface area contributed by atoms with Crippen LogP contribution in [0.3, 0.4) is 0 Å². The summed E-state index contributed by atoms with van der Waals surface area (Å²) in [6.45, 7) is 1.69. The molecule has 1 fully saturated rings. The molecular weight excluding hydrogens is 351 g/mol. The molecule has 1 atom stereocenters. The van der Waals surface area contributed by atoms with Gasteiger partial charge in [0.25, 0.3) is 10.0 Å². The van der Waals surface area contributed by atoms with Gasteiger partial charge in [0, 0.05) is 0 Å². The number of hydrogen-bond acceptors (Lipinski definition) is 4. The normalized spacial score (nSPS) is 19.9. The second kappa shape index (κ2) is 6.37. The van der Waals surface area contributed by atoms with Gasteiger partial charge >= 0.3 is 0 Å². The second-order valence-corrected chi connectivity index (χ2v) is 7.98. The van der Waals surface area contributed by atoms with E-state index in [-0.39, 0.29) is 16.0 Å².